The van der Waals surface area contributed by atoms with Crippen LogP contribution in [0.3, 0.4) is 0 Å². The number of amides is 1. The Bertz CT molecular complexity index is 707. The zero-order valence-corrected chi connectivity index (χ0v) is 14.4. The third-order valence-corrected chi connectivity index (χ3v) is 5.26. The molecule has 0 saturated carbocycles. The number of likely N-dealkylation sites (tertiary alicyclic amines) is 1. The van der Waals surface area contributed by atoms with Crippen molar-refractivity contribution in [1.82, 2.24) is 20.4 Å². The molecule has 6 nitrogen and oxygen atoms in total. The van der Waals surface area contributed by atoms with Gasteiger partial charge < -0.3 is 16.0 Å². The smallest absolute Gasteiger partial charge is 0.270 e. The van der Waals surface area contributed by atoms with Crippen LogP contribution in [0.25, 0.3) is 0 Å². The van der Waals surface area contributed by atoms with Crippen molar-refractivity contribution in [3.05, 3.63) is 46.6 Å². The molecule has 7 heteroatoms. The van der Waals surface area contributed by atoms with Gasteiger partial charge in [0.25, 0.3) is 5.91 Å². The number of aromatic nitrogens is 2. The number of rotatable bonds is 4. The zero-order valence-electron chi connectivity index (χ0n) is 13.7. The van der Waals surface area contributed by atoms with Crippen LogP contribution in [-0.2, 0) is 5.41 Å². The molecule has 2 heterocycles. The van der Waals surface area contributed by atoms with Crippen LogP contribution >= 0.6 is 11.6 Å². The van der Waals surface area contributed by atoms with E-state index in [0.717, 1.165) is 25.9 Å². The van der Waals surface area contributed by atoms with Crippen LogP contribution < -0.4 is 11.1 Å². The van der Waals surface area contributed by atoms with E-state index in [-0.39, 0.29) is 27.9 Å². The van der Waals surface area contributed by atoms with Crippen molar-refractivity contribution in [2.24, 2.45) is 0 Å². The molecule has 1 fully saturated rings. The Morgan fingerprint density at radius 2 is 2.04 bits per heavy atom. The first-order valence-electron chi connectivity index (χ1n) is 8.03. The summed E-state index contributed by atoms with van der Waals surface area (Å²) in [5.74, 6) is -0.141. The second-order valence-electron chi connectivity index (χ2n) is 6.43. The number of nitrogen functional groups attached to an aromatic ring is 1. The SMILES string of the molecule is CN1CCC(CNC(=O)c2[nH]nc(N)c2Cl)(c2ccccc2)CC1. The molecule has 1 aliphatic rings. The van der Waals surface area contributed by atoms with Crippen LogP contribution in [0.4, 0.5) is 5.82 Å². The number of hydrogen-bond donors (Lipinski definition) is 3. The fraction of sp³-hybridized carbons (Fsp3) is 0.412. The van der Waals surface area contributed by atoms with Gasteiger partial charge in [0.05, 0.1) is 0 Å². The molecule has 24 heavy (non-hydrogen) atoms. The van der Waals surface area contributed by atoms with Crippen molar-refractivity contribution < 1.29 is 4.79 Å². The maximum absolute atomic E-state index is 12.4. The number of anilines is 1. The fourth-order valence-corrected chi connectivity index (χ4v) is 3.41. The number of nitrogens with two attached hydrogens (primary N) is 1. The number of halogens is 1. The number of carbonyl (C=O) groups excluding carboxylic acids is 1. The third kappa shape index (κ3) is 3.25. The molecular weight excluding hydrogens is 326 g/mol. The minimum Gasteiger partial charge on any atom is -0.381 e. The monoisotopic (exact) mass is 347 g/mol. The van der Waals surface area contributed by atoms with Gasteiger partial charge in [-0.3, -0.25) is 9.89 Å². The van der Waals surface area contributed by atoms with Gasteiger partial charge in [-0.2, -0.15) is 5.10 Å². The summed E-state index contributed by atoms with van der Waals surface area (Å²) in [5, 5.41) is 9.54. The Balaban J connectivity index is 1.78. The lowest BCUT2D eigenvalue weighted by Gasteiger charge is -2.41. The van der Waals surface area contributed by atoms with E-state index in [1.165, 1.54) is 5.56 Å². The summed E-state index contributed by atoms with van der Waals surface area (Å²) in [7, 11) is 2.13. The molecule has 0 spiro atoms. The van der Waals surface area contributed by atoms with Gasteiger partial charge >= 0.3 is 0 Å². The highest BCUT2D eigenvalue weighted by atomic mass is 35.5. The minimum absolute atomic E-state index is 0.0680. The lowest BCUT2D eigenvalue weighted by Crippen LogP contribution is -2.48. The first-order valence-corrected chi connectivity index (χ1v) is 8.41. The molecule has 1 aliphatic heterocycles. The van der Waals surface area contributed by atoms with Crippen LogP contribution in [0.1, 0.15) is 28.9 Å². The van der Waals surface area contributed by atoms with Gasteiger partial charge in [-0.1, -0.05) is 41.9 Å². The molecule has 2 aromatic rings. The van der Waals surface area contributed by atoms with Gasteiger partial charge in [0.2, 0.25) is 0 Å². The number of piperidine rings is 1. The normalized spacial score (nSPS) is 17.6. The van der Waals surface area contributed by atoms with Crippen molar-refractivity contribution in [3.63, 3.8) is 0 Å². The van der Waals surface area contributed by atoms with Crippen LogP contribution in [0.2, 0.25) is 5.02 Å². The molecule has 1 amide bonds. The maximum atomic E-state index is 12.4. The van der Waals surface area contributed by atoms with E-state index in [1.54, 1.807) is 0 Å². The summed E-state index contributed by atoms with van der Waals surface area (Å²) in [5.41, 5.74) is 6.99. The van der Waals surface area contributed by atoms with Crippen LogP contribution in [0.5, 0.6) is 0 Å². The lowest BCUT2D eigenvalue weighted by atomic mass is 9.72. The third-order valence-electron chi connectivity index (χ3n) is 4.88. The summed E-state index contributed by atoms with van der Waals surface area (Å²) in [6, 6.07) is 10.4. The highest BCUT2D eigenvalue weighted by molar-refractivity contribution is 6.35. The largest absolute Gasteiger partial charge is 0.381 e. The number of hydrogen-bond acceptors (Lipinski definition) is 4. The van der Waals surface area contributed by atoms with Crippen molar-refractivity contribution in [2.75, 3.05) is 32.4 Å². The molecule has 128 valence electrons. The molecule has 3 rings (SSSR count). The first kappa shape index (κ1) is 16.8. The molecule has 0 bridgehead atoms. The molecular formula is C17H22ClN5O. The van der Waals surface area contributed by atoms with Crippen LogP contribution in [0, 0.1) is 0 Å². The molecule has 0 radical (unpaired) electrons. The highest BCUT2D eigenvalue weighted by Gasteiger charge is 2.36. The van der Waals surface area contributed by atoms with Gasteiger partial charge in [0.1, 0.15) is 10.7 Å². The number of nitrogens with zero attached hydrogens (tertiary/aromatic N) is 2. The van der Waals surface area contributed by atoms with E-state index >= 15 is 0 Å². The van der Waals surface area contributed by atoms with E-state index in [0.29, 0.717) is 6.54 Å². The van der Waals surface area contributed by atoms with Gasteiger partial charge in [0, 0.05) is 12.0 Å². The molecule has 0 aliphatic carbocycles. The minimum atomic E-state index is -0.279. The second kappa shape index (κ2) is 6.83. The van der Waals surface area contributed by atoms with Crippen LogP contribution in [0.15, 0.2) is 30.3 Å². The number of benzene rings is 1. The molecule has 1 aromatic carbocycles. The van der Waals surface area contributed by atoms with E-state index < -0.39 is 0 Å². The van der Waals surface area contributed by atoms with E-state index in [2.05, 4.69) is 39.6 Å². The average Bonchev–Trinajstić information content (AvgIpc) is 2.94. The quantitative estimate of drug-likeness (QED) is 0.789. The Labute approximate surface area is 146 Å². The number of H-pyrrole nitrogens is 1. The maximum Gasteiger partial charge on any atom is 0.270 e. The lowest BCUT2D eigenvalue weighted by molar-refractivity contribution is 0.0923. The molecule has 1 aromatic heterocycles. The van der Waals surface area contributed by atoms with Crippen molar-refractivity contribution in [1.29, 1.82) is 0 Å². The summed E-state index contributed by atoms with van der Waals surface area (Å²) in [4.78, 5) is 14.7. The Kier molecular flexibility index (Phi) is 4.78. The average molecular weight is 348 g/mol. The van der Waals surface area contributed by atoms with Crippen molar-refractivity contribution in [3.8, 4) is 0 Å². The standard InChI is InChI=1S/C17H22ClN5O/c1-23-9-7-17(8-10-23,12-5-3-2-4-6-12)11-20-16(24)14-13(18)15(19)22-21-14/h2-6H,7-11H2,1H3,(H,20,24)(H3,19,21,22). The number of carbonyl (C=O) groups is 1. The Hall–Kier alpha value is -2.05. The molecule has 0 atom stereocenters. The van der Waals surface area contributed by atoms with E-state index in [1.807, 2.05) is 18.2 Å². The fourth-order valence-electron chi connectivity index (χ4n) is 3.24. The summed E-state index contributed by atoms with van der Waals surface area (Å²) in [6.07, 6.45) is 1.99. The summed E-state index contributed by atoms with van der Waals surface area (Å²) < 4.78 is 0. The predicted molar refractivity (Wildman–Crippen MR) is 95.2 cm³/mol. The Morgan fingerprint density at radius 3 is 2.62 bits per heavy atom. The van der Waals surface area contributed by atoms with Crippen molar-refractivity contribution >= 4 is 23.3 Å². The molecule has 0 unspecified atom stereocenters. The van der Waals surface area contributed by atoms with Crippen molar-refractivity contribution in [2.45, 2.75) is 18.3 Å². The van der Waals surface area contributed by atoms with Gasteiger partial charge in [-0.25, -0.2) is 0 Å². The van der Waals surface area contributed by atoms with Crippen LogP contribution in [-0.4, -0.2) is 47.7 Å². The van der Waals surface area contributed by atoms with E-state index in [4.69, 9.17) is 17.3 Å². The second-order valence-corrected chi connectivity index (χ2v) is 6.81. The highest BCUT2D eigenvalue weighted by Crippen LogP contribution is 2.34. The molecule has 1 saturated heterocycles. The predicted octanol–water partition coefficient (Wildman–Crippen LogP) is 2.04. The number of aromatic amines is 1. The van der Waals surface area contributed by atoms with Gasteiger partial charge in [-0.05, 0) is 38.5 Å². The Morgan fingerprint density at radius 1 is 1.38 bits per heavy atom. The first-order chi connectivity index (χ1) is 11.5. The summed E-state index contributed by atoms with van der Waals surface area (Å²) >= 11 is 6.01. The van der Waals surface area contributed by atoms with Gasteiger partial charge in [-0.15, -0.1) is 0 Å². The number of nitrogens with one attached hydrogen (secondary N) is 2. The zero-order chi connectivity index (χ0) is 17.2. The topological polar surface area (TPSA) is 87.0 Å². The summed E-state index contributed by atoms with van der Waals surface area (Å²) in [6.45, 7) is 2.56. The molecule has 4 N–H and O–H groups in total. The van der Waals surface area contributed by atoms with E-state index in [9.17, 15) is 4.79 Å². The van der Waals surface area contributed by atoms with Gasteiger partial charge in [0.15, 0.2) is 5.82 Å².